The first-order valence-corrected chi connectivity index (χ1v) is 10.9. The second-order valence-corrected chi connectivity index (χ2v) is 8.21. The summed E-state index contributed by atoms with van der Waals surface area (Å²) in [4.78, 5) is 67.0. The van der Waals surface area contributed by atoms with Crippen LogP contribution < -0.4 is 4.90 Å². The molecule has 2 amide bonds. The zero-order valence-corrected chi connectivity index (χ0v) is 19.8. The van der Waals surface area contributed by atoms with Crippen molar-refractivity contribution in [1.82, 2.24) is 4.98 Å². The summed E-state index contributed by atoms with van der Waals surface area (Å²) in [5.74, 6) is -3.84. The van der Waals surface area contributed by atoms with Crippen LogP contribution >= 0.6 is 0 Å². The van der Waals surface area contributed by atoms with Crippen LogP contribution in [0.15, 0.2) is 42.5 Å². The second-order valence-electron chi connectivity index (χ2n) is 8.21. The molecule has 36 heavy (non-hydrogen) atoms. The van der Waals surface area contributed by atoms with Crippen LogP contribution in [0, 0.1) is 19.7 Å². The number of hydrogen-bond donors (Lipinski definition) is 1. The number of fused-ring (bicyclic) bond motifs is 1. The predicted molar refractivity (Wildman–Crippen MR) is 125 cm³/mol. The molecule has 184 valence electrons. The molecule has 1 aliphatic heterocycles. The van der Waals surface area contributed by atoms with Crippen LogP contribution in [0.5, 0.6) is 0 Å². The smallest absolute Gasteiger partial charge is 0.339 e. The van der Waals surface area contributed by atoms with Crippen LogP contribution in [-0.2, 0) is 9.47 Å². The molecule has 0 bridgehead atoms. The highest BCUT2D eigenvalue weighted by atomic mass is 19.1. The number of methoxy groups -OCH3 is 1. The lowest BCUT2D eigenvalue weighted by atomic mass is 10.1. The Balaban J connectivity index is 1.54. The van der Waals surface area contributed by atoms with Gasteiger partial charge in [0.2, 0.25) is 5.78 Å². The molecule has 9 nitrogen and oxygen atoms in total. The minimum absolute atomic E-state index is 0.0173. The van der Waals surface area contributed by atoms with Gasteiger partial charge in [0.15, 0.2) is 6.10 Å². The van der Waals surface area contributed by atoms with Gasteiger partial charge in [-0.1, -0.05) is 0 Å². The number of carbonyl (C=O) groups is 5. The number of ether oxygens (including phenoxy) is 2. The van der Waals surface area contributed by atoms with Gasteiger partial charge in [-0.05, 0) is 68.8 Å². The number of amides is 2. The molecule has 4 rings (SSSR count). The normalized spacial score (nSPS) is 13.4. The fourth-order valence-electron chi connectivity index (χ4n) is 4.08. The summed E-state index contributed by atoms with van der Waals surface area (Å²) >= 11 is 0. The summed E-state index contributed by atoms with van der Waals surface area (Å²) in [6, 6.07) is 8.71. The van der Waals surface area contributed by atoms with Crippen LogP contribution in [-0.4, -0.2) is 47.7 Å². The topological polar surface area (TPSA) is 123 Å². The molecule has 2 aromatic carbocycles. The summed E-state index contributed by atoms with van der Waals surface area (Å²) in [6.45, 7) is 4.57. The number of esters is 2. The van der Waals surface area contributed by atoms with Crippen molar-refractivity contribution >= 4 is 35.2 Å². The van der Waals surface area contributed by atoms with Gasteiger partial charge in [0.1, 0.15) is 5.82 Å². The van der Waals surface area contributed by atoms with Gasteiger partial charge in [0.25, 0.3) is 11.8 Å². The van der Waals surface area contributed by atoms with Gasteiger partial charge in [-0.3, -0.25) is 14.4 Å². The summed E-state index contributed by atoms with van der Waals surface area (Å²) in [6.07, 6.45) is -1.22. The molecule has 3 aromatic rings. The number of rotatable bonds is 6. The number of Topliss-reactive ketones (excluding diaryl/α,β-unsaturated/α-hetero) is 1. The zero-order chi connectivity index (χ0) is 26.3. The van der Waals surface area contributed by atoms with Gasteiger partial charge < -0.3 is 14.5 Å². The molecule has 1 N–H and O–H groups in total. The molecule has 0 aliphatic carbocycles. The first kappa shape index (κ1) is 24.5. The fraction of sp³-hybridized carbons (Fsp3) is 0.192. The Morgan fingerprint density at radius 3 is 2.22 bits per heavy atom. The molecule has 1 atom stereocenters. The lowest BCUT2D eigenvalue weighted by Crippen LogP contribution is -2.29. The summed E-state index contributed by atoms with van der Waals surface area (Å²) in [5.41, 5.74) is 1.36. The second kappa shape index (κ2) is 9.21. The van der Waals surface area contributed by atoms with E-state index in [-0.39, 0.29) is 33.6 Å². The van der Waals surface area contributed by atoms with Crippen molar-refractivity contribution in [2.45, 2.75) is 26.9 Å². The van der Waals surface area contributed by atoms with Gasteiger partial charge in [0.05, 0.1) is 40.7 Å². The monoisotopic (exact) mass is 492 g/mol. The van der Waals surface area contributed by atoms with E-state index >= 15 is 0 Å². The maximum Gasteiger partial charge on any atom is 0.339 e. The number of ketones is 1. The number of H-pyrrole nitrogens is 1. The van der Waals surface area contributed by atoms with Gasteiger partial charge >= 0.3 is 11.9 Å². The van der Waals surface area contributed by atoms with E-state index in [0.29, 0.717) is 11.3 Å². The van der Waals surface area contributed by atoms with Crippen molar-refractivity contribution in [3.8, 4) is 0 Å². The van der Waals surface area contributed by atoms with E-state index < -0.39 is 41.5 Å². The number of aryl methyl sites for hydroxylation is 1. The molecule has 0 radical (unpaired) electrons. The predicted octanol–water partition coefficient (Wildman–Crippen LogP) is 3.79. The van der Waals surface area contributed by atoms with E-state index in [2.05, 4.69) is 4.98 Å². The molecule has 0 spiro atoms. The van der Waals surface area contributed by atoms with E-state index in [9.17, 15) is 28.4 Å². The average Bonchev–Trinajstić information content (AvgIpc) is 3.30. The molecule has 0 saturated carbocycles. The third-order valence-corrected chi connectivity index (χ3v) is 5.93. The molecule has 1 aliphatic rings. The summed E-state index contributed by atoms with van der Waals surface area (Å²) < 4.78 is 23.3. The average molecular weight is 492 g/mol. The highest BCUT2D eigenvalue weighted by Crippen LogP contribution is 2.29. The number of halogens is 1. The van der Waals surface area contributed by atoms with E-state index in [0.717, 1.165) is 17.0 Å². The number of aromatic amines is 1. The quantitative estimate of drug-likeness (QED) is 0.316. The largest absolute Gasteiger partial charge is 0.465 e. The maximum absolute atomic E-state index is 13.3. The van der Waals surface area contributed by atoms with E-state index in [1.165, 1.54) is 44.4 Å². The summed E-state index contributed by atoms with van der Waals surface area (Å²) in [5, 5.41) is 0. The van der Waals surface area contributed by atoms with E-state index in [1.807, 2.05) is 0 Å². The van der Waals surface area contributed by atoms with Crippen molar-refractivity contribution in [2.24, 2.45) is 0 Å². The standard InChI is InChI=1S/C26H21FN2O7/c1-12-20(26(34)35-4)13(2)28-21(12)22(30)14(3)36-25(33)15-5-10-18-19(11-15)24(32)29(23(18)31)17-8-6-16(27)7-9-17/h5-11,14,28H,1-4H3/t14-/m0/s1. The van der Waals surface area contributed by atoms with Crippen LogP contribution in [0.3, 0.4) is 0 Å². The van der Waals surface area contributed by atoms with Crippen LogP contribution in [0.4, 0.5) is 10.1 Å². The SMILES string of the molecule is COC(=O)c1c(C)[nH]c(C(=O)[C@H](C)OC(=O)c2ccc3c(c2)C(=O)N(c2ccc(F)cc2)C3=O)c1C. The van der Waals surface area contributed by atoms with Gasteiger partial charge in [-0.2, -0.15) is 0 Å². The molecule has 10 heteroatoms. The van der Waals surface area contributed by atoms with Gasteiger partial charge in [-0.25, -0.2) is 18.9 Å². The number of nitrogens with one attached hydrogen (secondary N) is 1. The van der Waals surface area contributed by atoms with Crippen LogP contribution in [0.25, 0.3) is 0 Å². The third kappa shape index (κ3) is 4.06. The summed E-state index contributed by atoms with van der Waals surface area (Å²) in [7, 11) is 1.23. The Kier molecular flexibility index (Phi) is 6.28. The fourth-order valence-corrected chi connectivity index (χ4v) is 4.08. The minimum Gasteiger partial charge on any atom is -0.465 e. The lowest BCUT2D eigenvalue weighted by molar-refractivity contribution is 0.0316. The maximum atomic E-state index is 13.3. The lowest BCUT2D eigenvalue weighted by Gasteiger charge is -2.13. The Hall–Kier alpha value is -4.60. The van der Waals surface area contributed by atoms with Crippen LogP contribution in [0.2, 0.25) is 0 Å². The van der Waals surface area contributed by atoms with Crippen molar-refractivity contribution in [3.05, 3.63) is 87.5 Å². The number of anilines is 1. The Bertz CT molecular complexity index is 1440. The van der Waals surface area contributed by atoms with E-state index in [4.69, 9.17) is 9.47 Å². The first-order chi connectivity index (χ1) is 17.0. The Morgan fingerprint density at radius 1 is 0.944 bits per heavy atom. The highest BCUT2D eigenvalue weighted by molar-refractivity contribution is 6.34. The molecular formula is C26H21FN2O7. The van der Waals surface area contributed by atoms with Crippen molar-refractivity contribution in [3.63, 3.8) is 0 Å². The molecule has 2 heterocycles. The van der Waals surface area contributed by atoms with E-state index in [1.54, 1.807) is 13.8 Å². The van der Waals surface area contributed by atoms with Gasteiger partial charge in [-0.15, -0.1) is 0 Å². The van der Waals surface area contributed by atoms with Crippen molar-refractivity contribution < 1.29 is 37.8 Å². The van der Waals surface area contributed by atoms with Gasteiger partial charge in [0, 0.05) is 5.69 Å². The number of aromatic nitrogens is 1. The molecule has 0 saturated heterocycles. The minimum atomic E-state index is -1.22. The first-order valence-electron chi connectivity index (χ1n) is 10.9. The number of nitrogens with zero attached hydrogens (tertiary/aromatic N) is 1. The Labute approximate surface area is 204 Å². The zero-order valence-electron chi connectivity index (χ0n) is 19.8. The van der Waals surface area contributed by atoms with Crippen molar-refractivity contribution in [2.75, 3.05) is 12.0 Å². The third-order valence-electron chi connectivity index (χ3n) is 5.93. The molecular weight excluding hydrogens is 471 g/mol. The molecule has 0 unspecified atom stereocenters. The number of hydrogen-bond acceptors (Lipinski definition) is 7. The number of carbonyl (C=O) groups excluding carboxylic acids is 5. The molecule has 0 fully saturated rings. The Morgan fingerprint density at radius 2 is 1.58 bits per heavy atom. The number of imide groups is 1. The highest BCUT2D eigenvalue weighted by Gasteiger charge is 2.37. The van der Waals surface area contributed by atoms with Crippen LogP contribution in [0.1, 0.15) is 70.1 Å². The van der Waals surface area contributed by atoms with Crippen molar-refractivity contribution in [1.29, 1.82) is 0 Å². The number of benzene rings is 2. The molecule has 1 aromatic heterocycles.